The average molecular weight is 200 g/mol. The molecule has 14 heavy (non-hydrogen) atoms. The first-order valence-electron chi connectivity index (χ1n) is 4.82. The summed E-state index contributed by atoms with van der Waals surface area (Å²) >= 11 is 0. The minimum absolute atomic E-state index is 0.0926. The maximum Gasteiger partial charge on any atom is 0.243 e. The van der Waals surface area contributed by atoms with E-state index in [1.54, 1.807) is 17.3 Å². The van der Waals surface area contributed by atoms with Gasteiger partial charge in [-0.3, -0.25) is 14.8 Å². The normalized spacial score (nSPS) is 18.0. The fourth-order valence-electron chi connectivity index (χ4n) is 1.76. The van der Waals surface area contributed by atoms with Crippen molar-refractivity contribution in [2.24, 2.45) is 5.92 Å². The van der Waals surface area contributed by atoms with Crippen LogP contribution >= 0.6 is 0 Å². The van der Waals surface area contributed by atoms with E-state index in [-0.39, 0.29) is 17.7 Å². The first-order valence-corrected chi connectivity index (χ1v) is 4.82. The van der Waals surface area contributed by atoms with Gasteiger partial charge in [-0.15, -0.1) is 0 Å². The van der Waals surface area contributed by atoms with Crippen LogP contribution in [-0.4, -0.2) is 35.0 Å². The van der Waals surface area contributed by atoms with Gasteiger partial charge in [0.15, 0.2) is 0 Å². The average Bonchev–Trinajstić information content (AvgIpc) is 2.18. The lowest BCUT2D eigenvalue weighted by molar-refractivity contribution is -0.131. The number of carbonyl (C=O) groups is 2. The molecule has 0 aromatic carbocycles. The molecule has 0 radical (unpaired) electrons. The van der Waals surface area contributed by atoms with Crippen LogP contribution in [0, 0.1) is 5.92 Å². The topological polar surface area (TPSA) is 69.6 Å². The van der Waals surface area contributed by atoms with Gasteiger partial charge in [-0.05, 0) is 18.8 Å². The van der Waals surface area contributed by atoms with Gasteiger partial charge in [-0.1, -0.05) is 0 Å². The molecule has 0 saturated carbocycles. The van der Waals surface area contributed by atoms with Crippen LogP contribution in [0.15, 0.2) is 0 Å². The quantitative estimate of drug-likeness (QED) is 0.492. The third kappa shape index (κ3) is 2.99. The maximum atomic E-state index is 11.0. The van der Waals surface area contributed by atoms with Crippen molar-refractivity contribution in [3.05, 3.63) is 0 Å². The molecule has 0 atom stereocenters. The second-order valence-electron chi connectivity index (χ2n) is 3.69. The van der Waals surface area contributed by atoms with Gasteiger partial charge in [0.25, 0.3) is 0 Å². The molecule has 1 heterocycles. The van der Waals surface area contributed by atoms with Crippen LogP contribution in [0.1, 0.15) is 26.2 Å². The summed E-state index contributed by atoms with van der Waals surface area (Å²) in [6, 6.07) is 0. The number of nitrogens with one attached hydrogen (secondary N) is 1. The molecular weight excluding hydrogens is 184 g/mol. The summed E-state index contributed by atoms with van der Waals surface area (Å²) in [4.78, 5) is 23.6. The lowest BCUT2D eigenvalue weighted by atomic mass is 9.93. The number of nitrogens with zero attached hydrogens (tertiary/aromatic N) is 1. The molecule has 2 amide bonds. The van der Waals surface area contributed by atoms with Crippen molar-refractivity contribution in [1.82, 2.24) is 10.4 Å². The third-order valence-corrected chi connectivity index (χ3v) is 2.66. The SMILES string of the molecule is CC(=O)N1CCC(CC(=O)NO)CC1. The van der Waals surface area contributed by atoms with Crippen LogP contribution in [-0.2, 0) is 9.59 Å². The fourth-order valence-corrected chi connectivity index (χ4v) is 1.76. The molecule has 80 valence electrons. The summed E-state index contributed by atoms with van der Waals surface area (Å²) in [5.41, 5.74) is 1.63. The smallest absolute Gasteiger partial charge is 0.243 e. The Balaban J connectivity index is 2.29. The van der Waals surface area contributed by atoms with Gasteiger partial charge in [0, 0.05) is 26.4 Å². The summed E-state index contributed by atoms with van der Waals surface area (Å²) in [5, 5.41) is 8.34. The Morgan fingerprint density at radius 3 is 2.43 bits per heavy atom. The molecule has 0 bridgehead atoms. The van der Waals surface area contributed by atoms with E-state index in [0.29, 0.717) is 6.42 Å². The van der Waals surface area contributed by atoms with E-state index in [1.165, 1.54) is 0 Å². The molecule has 1 aliphatic rings. The van der Waals surface area contributed by atoms with Crippen LogP contribution in [0.4, 0.5) is 0 Å². The summed E-state index contributed by atoms with van der Waals surface area (Å²) in [7, 11) is 0. The van der Waals surface area contributed by atoms with Crippen LogP contribution in [0.2, 0.25) is 0 Å². The summed E-state index contributed by atoms with van der Waals surface area (Å²) < 4.78 is 0. The molecule has 1 aliphatic heterocycles. The zero-order chi connectivity index (χ0) is 10.6. The van der Waals surface area contributed by atoms with Crippen molar-refractivity contribution >= 4 is 11.8 Å². The Hall–Kier alpha value is -1.10. The minimum atomic E-state index is -0.341. The molecule has 0 aromatic heterocycles. The Bertz CT molecular complexity index is 222. The predicted molar refractivity (Wildman–Crippen MR) is 49.5 cm³/mol. The highest BCUT2D eigenvalue weighted by molar-refractivity contribution is 5.75. The van der Waals surface area contributed by atoms with Gasteiger partial charge >= 0.3 is 0 Å². The predicted octanol–water partition coefficient (Wildman–Crippen LogP) is 0.140. The van der Waals surface area contributed by atoms with E-state index < -0.39 is 0 Å². The fraction of sp³-hybridized carbons (Fsp3) is 0.778. The number of hydrogen-bond donors (Lipinski definition) is 2. The molecule has 1 rings (SSSR count). The minimum Gasteiger partial charge on any atom is -0.343 e. The van der Waals surface area contributed by atoms with Gasteiger partial charge in [0.05, 0.1) is 0 Å². The van der Waals surface area contributed by atoms with Crippen LogP contribution in [0.5, 0.6) is 0 Å². The van der Waals surface area contributed by atoms with Crippen molar-refractivity contribution in [2.75, 3.05) is 13.1 Å². The molecule has 0 aromatic rings. The van der Waals surface area contributed by atoms with Crippen molar-refractivity contribution in [1.29, 1.82) is 0 Å². The second kappa shape index (κ2) is 4.95. The van der Waals surface area contributed by atoms with E-state index >= 15 is 0 Å². The van der Waals surface area contributed by atoms with Crippen molar-refractivity contribution in [3.8, 4) is 0 Å². The maximum absolute atomic E-state index is 11.0. The zero-order valence-corrected chi connectivity index (χ0v) is 8.32. The van der Waals surface area contributed by atoms with E-state index in [2.05, 4.69) is 0 Å². The molecule has 5 nitrogen and oxygen atoms in total. The molecule has 5 heteroatoms. The molecule has 1 fully saturated rings. The van der Waals surface area contributed by atoms with Crippen molar-refractivity contribution in [3.63, 3.8) is 0 Å². The number of amides is 2. The van der Waals surface area contributed by atoms with E-state index in [9.17, 15) is 9.59 Å². The lowest BCUT2D eigenvalue weighted by Gasteiger charge is -2.30. The molecule has 1 saturated heterocycles. The van der Waals surface area contributed by atoms with Crippen LogP contribution in [0.25, 0.3) is 0 Å². The lowest BCUT2D eigenvalue weighted by Crippen LogP contribution is -2.38. The standard InChI is InChI=1S/C9H16N2O3/c1-7(12)11-4-2-8(3-5-11)6-9(13)10-14/h8,14H,2-6H2,1H3,(H,10,13). The first-order chi connectivity index (χ1) is 6.63. The Morgan fingerprint density at radius 1 is 1.43 bits per heavy atom. The number of rotatable bonds is 2. The molecule has 0 spiro atoms. The van der Waals surface area contributed by atoms with Crippen LogP contribution < -0.4 is 5.48 Å². The van der Waals surface area contributed by atoms with Gasteiger partial charge in [0.2, 0.25) is 11.8 Å². The Labute approximate surface area is 83.0 Å². The van der Waals surface area contributed by atoms with E-state index in [4.69, 9.17) is 5.21 Å². The van der Waals surface area contributed by atoms with Crippen molar-refractivity contribution < 1.29 is 14.8 Å². The summed E-state index contributed by atoms with van der Waals surface area (Å²) in [5.74, 6) is 0.0408. The molecule has 0 unspecified atom stereocenters. The van der Waals surface area contributed by atoms with Gasteiger partial charge in [-0.25, -0.2) is 5.48 Å². The number of hydroxylamine groups is 1. The first kappa shape index (κ1) is 11.0. The largest absolute Gasteiger partial charge is 0.343 e. The number of carbonyl (C=O) groups excluding carboxylic acids is 2. The highest BCUT2D eigenvalue weighted by Crippen LogP contribution is 2.20. The molecule has 2 N–H and O–H groups in total. The third-order valence-electron chi connectivity index (χ3n) is 2.66. The highest BCUT2D eigenvalue weighted by atomic mass is 16.5. The van der Waals surface area contributed by atoms with E-state index in [0.717, 1.165) is 25.9 Å². The molecular formula is C9H16N2O3. The van der Waals surface area contributed by atoms with Gasteiger partial charge < -0.3 is 4.90 Å². The van der Waals surface area contributed by atoms with Crippen molar-refractivity contribution in [2.45, 2.75) is 26.2 Å². The number of likely N-dealkylation sites (tertiary alicyclic amines) is 1. The monoisotopic (exact) mass is 200 g/mol. The molecule has 0 aliphatic carbocycles. The van der Waals surface area contributed by atoms with Crippen LogP contribution in [0.3, 0.4) is 0 Å². The number of piperidine rings is 1. The van der Waals surface area contributed by atoms with Gasteiger partial charge in [0.1, 0.15) is 0 Å². The second-order valence-corrected chi connectivity index (χ2v) is 3.69. The van der Waals surface area contributed by atoms with Gasteiger partial charge in [-0.2, -0.15) is 0 Å². The summed E-state index contributed by atoms with van der Waals surface area (Å²) in [6.45, 7) is 3.00. The summed E-state index contributed by atoms with van der Waals surface area (Å²) in [6.07, 6.45) is 2.03. The highest BCUT2D eigenvalue weighted by Gasteiger charge is 2.22. The Kier molecular flexibility index (Phi) is 3.88. The zero-order valence-electron chi connectivity index (χ0n) is 8.32. The Morgan fingerprint density at radius 2 is 2.00 bits per heavy atom. The van der Waals surface area contributed by atoms with E-state index in [1.807, 2.05) is 0 Å². The number of hydrogen-bond acceptors (Lipinski definition) is 3.